The molecule has 1 aromatic heterocycles. The Morgan fingerprint density at radius 1 is 1.48 bits per heavy atom. The highest BCUT2D eigenvalue weighted by Crippen LogP contribution is 2.25. The summed E-state index contributed by atoms with van der Waals surface area (Å²) in [6.45, 7) is 2.95. The molecule has 0 aliphatic carbocycles. The predicted molar refractivity (Wildman–Crippen MR) is 86.9 cm³/mol. The highest BCUT2D eigenvalue weighted by molar-refractivity contribution is 9.10. The highest BCUT2D eigenvalue weighted by Gasteiger charge is 2.17. The summed E-state index contributed by atoms with van der Waals surface area (Å²) in [6.07, 6.45) is 2.53. The first-order valence-electron chi connectivity index (χ1n) is 7.14. The van der Waals surface area contributed by atoms with Crippen LogP contribution in [0.1, 0.15) is 33.7 Å². The molecule has 0 spiro atoms. The van der Waals surface area contributed by atoms with Gasteiger partial charge in [0.2, 0.25) is 0 Å². The SMILES string of the molecule is Cc1nn(C)c(CC(=O)c2ccc3c(c2)CCCN3)c1Br. The third-order valence-electron chi connectivity index (χ3n) is 3.96. The number of benzene rings is 1. The number of aromatic nitrogens is 2. The van der Waals surface area contributed by atoms with E-state index in [1.807, 2.05) is 32.2 Å². The second-order valence-electron chi connectivity index (χ2n) is 5.47. The Morgan fingerprint density at radius 2 is 2.29 bits per heavy atom. The van der Waals surface area contributed by atoms with Crippen LogP contribution in [0.15, 0.2) is 22.7 Å². The number of carbonyl (C=O) groups excluding carboxylic acids is 1. The molecular weight excluding hydrogens is 330 g/mol. The standard InChI is InChI=1S/C16H18BrN3O/c1-10-16(17)14(20(2)19-10)9-15(21)12-5-6-13-11(8-12)4-3-7-18-13/h5-6,8,18H,3-4,7,9H2,1-2H3. The van der Waals surface area contributed by atoms with Gasteiger partial charge in [0.05, 0.1) is 22.3 Å². The van der Waals surface area contributed by atoms with Gasteiger partial charge in [0.15, 0.2) is 5.78 Å². The summed E-state index contributed by atoms with van der Waals surface area (Å²) >= 11 is 3.52. The molecular formula is C16H18BrN3O. The van der Waals surface area contributed by atoms with Gasteiger partial charge < -0.3 is 5.32 Å². The third kappa shape index (κ3) is 2.75. The van der Waals surface area contributed by atoms with Crippen LogP contribution >= 0.6 is 15.9 Å². The molecule has 0 radical (unpaired) electrons. The number of nitrogens with one attached hydrogen (secondary N) is 1. The van der Waals surface area contributed by atoms with Gasteiger partial charge in [-0.15, -0.1) is 0 Å². The monoisotopic (exact) mass is 347 g/mol. The van der Waals surface area contributed by atoms with Crippen LogP contribution in [0.2, 0.25) is 0 Å². The first-order valence-corrected chi connectivity index (χ1v) is 7.93. The molecule has 4 nitrogen and oxygen atoms in total. The lowest BCUT2D eigenvalue weighted by Gasteiger charge is -2.18. The normalized spacial score (nSPS) is 13.7. The van der Waals surface area contributed by atoms with Gasteiger partial charge in [-0.2, -0.15) is 5.10 Å². The van der Waals surface area contributed by atoms with E-state index in [1.54, 1.807) is 4.68 Å². The van der Waals surface area contributed by atoms with E-state index < -0.39 is 0 Å². The molecule has 0 saturated heterocycles. The van der Waals surface area contributed by atoms with Crippen molar-refractivity contribution in [3.8, 4) is 0 Å². The zero-order valence-corrected chi connectivity index (χ0v) is 13.8. The molecule has 3 rings (SSSR count). The van der Waals surface area contributed by atoms with Crippen molar-refractivity contribution in [2.45, 2.75) is 26.2 Å². The molecule has 1 aliphatic heterocycles. The van der Waals surface area contributed by atoms with Crippen LogP contribution < -0.4 is 5.32 Å². The van der Waals surface area contributed by atoms with Crippen LogP contribution in [0.3, 0.4) is 0 Å². The van der Waals surface area contributed by atoms with Crippen LogP contribution in [0.25, 0.3) is 0 Å². The lowest BCUT2D eigenvalue weighted by atomic mass is 9.98. The summed E-state index contributed by atoms with van der Waals surface area (Å²) in [7, 11) is 1.87. The number of Topliss-reactive ketones (excluding diaryl/α,β-unsaturated/α-hetero) is 1. The molecule has 5 heteroatoms. The Labute approximate surface area is 132 Å². The number of ketones is 1. The van der Waals surface area contributed by atoms with Gasteiger partial charge in [0, 0.05) is 24.8 Å². The molecule has 0 amide bonds. The van der Waals surface area contributed by atoms with Crippen LogP contribution in [-0.4, -0.2) is 22.1 Å². The maximum absolute atomic E-state index is 12.5. The summed E-state index contributed by atoms with van der Waals surface area (Å²) < 4.78 is 2.70. The lowest BCUT2D eigenvalue weighted by Crippen LogP contribution is -2.13. The molecule has 0 bridgehead atoms. The predicted octanol–water partition coefficient (Wildman–Crippen LogP) is 3.27. The van der Waals surface area contributed by atoms with Crippen LogP contribution in [0.5, 0.6) is 0 Å². The minimum Gasteiger partial charge on any atom is -0.385 e. The Hall–Kier alpha value is -1.62. The number of aryl methyl sites for hydroxylation is 3. The van der Waals surface area contributed by atoms with E-state index in [1.165, 1.54) is 5.56 Å². The largest absolute Gasteiger partial charge is 0.385 e. The molecule has 21 heavy (non-hydrogen) atoms. The van der Waals surface area contributed by atoms with Crippen molar-refractivity contribution in [3.63, 3.8) is 0 Å². The van der Waals surface area contributed by atoms with Crippen molar-refractivity contribution in [2.75, 3.05) is 11.9 Å². The number of hydrogen-bond donors (Lipinski definition) is 1. The number of nitrogens with zero attached hydrogens (tertiary/aromatic N) is 2. The summed E-state index contributed by atoms with van der Waals surface area (Å²) in [5.74, 6) is 0.132. The van der Waals surface area contributed by atoms with Gasteiger partial charge in [0.1, 0.15) is 0 Å². The minimum absolute atomic E-state index is 0.132. The number of fused-ring (bicyclic) bond motifs is 1. The van der Waals surface area contributed by atoms with Gasteiger partial charge in [-0.1, -0.05) is 0 Å². The maximum atomic E-state index is 12.5. The van der Waals surface area contributed by atoms with Crippen molar-refractivity contribution in [2.24, 2.45) is 7.05 Å². The van der Waals surface area contributed by atoms with E-state index >= 15 is 0 Å². The van der Waals surface area contributed by atoms with E-state index in [2.05, 4.69) is 26.3 Å². The summed E-state index contributed by atoms with van der Waals surface area (Å²) in [6, 6.07) is 5.96. The number of carbonyl (C=O) groups is 1. The van der Waals surface area contributed by atoms with Crippen molar-refractivity contribution in [1.82, 2.24) is 9.78 Å². The number of rotatable bonds is 3. The molecule has 0 saturated carbocycles. The average Bonchev–Trinajstić information content (AvgIpc) is 2.73. The molecule has 0 atom stereocenters. The van der Waals surface area contributed by atoms with Crippen molar-refractivity contribution < 1.29 is 4.79 Å². The Balaban J connectivity index is 1.85. The Bertz CT molecular complexity index is 706. The summed E-state index contributed by atoms with van der Waals surface area (Å²) in [4.78, 5) is 12.5. The molecule has 110 valence electrons. The van der Waals surface area contributed by atoms with Crippen LogP contribution in [0, 0.1) is 6.92 Å². The fourth-order valence-corrected chi connectivity index (χ4v) is 3.25. The number of hydrogen-bond acceptors (Lipinski definition) is 3. The van der Waals surface area contributed by atoms with E-state index in [0.717, 1.165) is 46.5 Å². The second-order valence-corrected chi connectivity index (χ2v) is 6.26. The van der Waals surface area contributed by atoms with Crippen molar-refractivity contribution in [3.05, 3.63) is 45.2 Å². The van der Waals surface area contributed by atoms with E-state index in [0.29, 0.717) is 6.42 Å². The second kappa shape index (κ2) is 5.64. The number of anilines is 1. The molecule has 1 N–H and O–H groups in total. The topological polar surface area (TPSA) is 46.9 Å². The molecule has 1 aromatic carbocycles. The van der Waals surface area contributed by atoms with E-state index in [9.17, 15) is 4.79 Å². The summed E-state index contributed by atoms with van der Waals surface area (Å²) in [5, 5.41) is 7.70. The van der Waals surface area contributed by atoms with Crippen molar-refractivity contribution >= 4 is 27.4 Å². The molecule has 0 unspecified atom stereocenters. The zero-order chi connectivity index (χ0) is 15.0. The quantitative estimate of drug-likeness (QED) is 0.866. The first-order chi connectivity index (χ1) is 10.1. The highest BCUT2D eigenvalue weighted by atomic mass is 79.9. The fraction of sp³-hybridized carbons (Fsp3) is 0.375. The van der Waals surface area contributed by atoms with Crippen LogP contribution in [-0.2, 0) is 19.9 Å². The Morgan fingerprint density at radius 3 is 3.00 bits per heavy atom. The summed E-state index contributed by atoms with van der Waals surface area (Å²) in [5.41, 5.74) is 5.02. The third-order valence-corrected chi connectivity index (χ3v) is 4.99. The minimum atomic E-state index is 0.132. The van der Waals surface area contributed by atoms with E-state index in [-0.39, 0.29) is 5.78 Å². The van der Waals surface area contributed by atoms with E-state index in [4.69, 9.17) is 0 Å². The van der Waals surface area contributed by atoms with Gasteiger partial charge in [-0.05, 0) is 59.5 Å². The smallest absolute Gasteiger partial charge is 0.168 e. The molecule has 1 aliphatic rings. The van der Waals surface area contributed by atoms with Crippen LogP contribution in [0.4, 0.5) is 5.69 Å². The fourth-order valence-electron chi connectivity index (χ4n) is 2.77. The van der Waals surface area contributed by atoms with Gasteiger partial charge >= 0.3 is 0 Å². The zero-order valence-electron chi connectivity index (χ0n) is 12.2. The molecule has 0 fully saturated rings. The average molecular weight is 348 g/mol. The molecule has 2 aromatic rings. The van der Waals surface area contributed by atoms with Gasteiger partial charge in [-0.25, -0.2) is 0 Å². The molecule has 2 heterocycles. The number of halogens is 1. The van der Waals surface area contributed by atoms with Gasteiger partial charge in [-0.3, -0.25) is 9.48 Å². The van der Waals surface area contributed by atoms with Crippen molar-refractivity contribution in [1.29, 1.82) is 0 Å². The Kier molecular flexibility index (Phi) is 3.85. The maximum Gasteiger partial charge on any atom is 0.168 e. The lowest BCUT2D eigenvalue weighted by molar-refractivity contribution is 0.0990. The van der Waals surface area contributed by atoms with Gasteiger partial charge in [0.25, 0.3) is 0 Å². The first kappa shape index (κ1) is 14.3.